The van der Waals surface area contributed by atoms with Gasteiger partial charge in [-0.05, 0) is 150 Å². The predicted octanol–water partition coefficient (Wildman–Crippen LogP) is 14.5. The van der Waals surface area contributed by atoms with Crippen molar-refractivity contribution in [3.05, 3.63) is 95.1 Å². The fraction of sp³-hybridized carbons (Fsp3) is 0.564. The topological polar surface area (TPSA) is 18.5 Å². The third kappa shape index (κ3) is 6.89. The first-order valence-electron chi connectivity index (χ1n) is 23.8. The Morgan fingerprint density at radius 1 is 0.475 bits per heavy atom. The lowest BCUT2D eigenvalue weighted by atomic mass is 9.59. The summed E-state index contributed by atoms with van der Waals surface area (Å²) in [5.74, 6) is 1.99. The van der Waals surface area contributed by atoms with Crippen LogP contribution in [0.4, 0.5) is 0 Å². The average Bonchev–Trinajstić information content (AvgIpc) is 3.73. The molecule has 0 N–H and O–H groups in total. The van der Waals surface area contributed by atoms with Crippen molar-refractivity contribution < 1.29 is 9.31 Å². The van der Waals surface area contributed by atoms with Gasteiger partial charge in [-0.1, -0.05) is 167 Å². The van der Waals surface area contributed by atoms with Crippen molar-refractivity contribution in [2.45, 2.75) is 176 Å². The van der Waals surface area contributed by atoms with Crippen LogP contribution >= 0.6 is 0 Å². The molecule has 0 aromatic heterocycles. The van der Waals surface area contributed by atoms with E-state index >= 15 is 0 Å². The SMILES string of the molecule is CCCC(C)C1(C(C)CCC)c2cc(B3OC(C)(C)C(C)(C)O3)ccc2-c2ccc(-c3ccc4c(c3)C(C(C)CCC)(C(C)CCC)c3cc([Si](C)(C)C)ccc3-4)cc21. The van der Waals surface area contributed by atoms with E-state index in [4.69, 9.17) is 9.31 Å². The zero-order chi connectivity index (χ0) is 42.9. The molecule has 4 aromatic carbocycles. The number of rotatable bonds is 15. The Hall–Kier alpha value is -2.92. The molecule has 4 unspecified atom stereocenters. The number of benzene rings is 4. The van der Waals surface area contributed by atoms with Gasteiger partial charge >= 0.3 is 7.12 Å². The van der Waals surface area contributed by atoms with Crippen LogP contribution in [0.15, 0.2) is 72.8 Å². The molecule has 7 rings (SSSR count). The van der Waals surface area contributed by atoms with Crippen LogP contribution in [0.25, 0.3) is 33.4 Å². The van der Waals surface area contributed by atoms with E-state index in [0.29, 0.717) is 23.7 Å². The number of hydrogen-bond donors (Lipinski definition) is 0. The highest BCUT2D eigenvalue weighted by Gasteiger charge is 2.55. The molecule has 59 heavy (non-hydrogen) atoms. The van der Waals surface area contributed by atoms with Crippen molar-refractivity contribution in [1.82, 2.24) is 0 Å². The van der Waals surface area contributed by atoms with E-state index in [9.17, 15) is 0 Å². The summed E-state index contributed by atoms with van der Waals surface area (Å²) in [4.78, 5) is 0. The van der Waals surface area contributed by atoms with Crippen LogP contribution in [0.2, 0.25) is 19.6 Å². The molecule has 0 bridgehead atoms. The van der Waals surface area contributed by atoms with Gasteiger partial charge in [0.25, 0.3) is 0 Å². The molecule has 1 saturated heterocycles. The zero-order valence-electron chi connectivity index (χ0n) is 39.8. The van der Waals surface area contributed by atoms with E-state index in [0.717, 1.165) is 5.46 Å². The van der Waals surface area contributed by atoms with Crippen LogP contribution in [-0.2, 0) is 20.1 Å². The number of hydrogen-bond acceptors (Lipinski definition) is 2. The van der Waals surface area contributed by atoms with Gasteiger partial charge in [0.15, 0.2) is 0 Å². The molecular weight excluding hydrogens is 732 g/mol. The molecule has 4 heteroatoms. The maximum Gasteiger partial charge on any atom is 0.494 e. The quantitative estimate of drug-likeness (QED) is 0.111. The van der Waals surface area contributed by atoms with Crippen molar-refractivity contribution in [3.63, 3.8) is 0 Å². The van der Waals surface area contributed by atoms with Crippen molar-refractivity contribution in [3.8, 4) is 33.4 Å². The summed E-state index contributed by atoms with van der Waals surface area (Å²) in [6, 6.07) is 30.0. The van der Waals surface area contributed by atoms with Crippen LogP contribution in [0.5, 0.6) is 0 Å². The van der Waals surface area contributed by atoms with Crippen LogP contribution in [0.3, 0.4) is 0 Å². The fourth-order valence-electron chi connectivity index (χ4n) is 12.5. The average molecular weight is 809 g/mol. The van der Waals surface area contributed by atoms with Crippen LogP contribution in [0.1, 0.15) is 157 Å². The van der Waals surface area contributed by atoms with E-state index in [2.05, 4.69) is 176 Å². The molecule has 1 aliphatic heterocycles. The van der Waals surface area contributed by atoms with Crippen LogP contribution in [-0.4, -0.2) is 26.4 Å². The lowest BCUT2D eigenvalue weighted by molar-refractivity contribution is 0.00578. The summed E-state index contributed by atoms with van der Waals surface area (Å²) in [5.41, 5.74) is 14.8. The highest BCUT2D eigenvalue weighted by molar-refractivity contribution is 6.88. The molecule has 4 aromatic rings. The summed E-state index contributed by atoms with van der Waals surface area (Å²) in [6.45, 7) is 35.9. The molecule has 4 atom stereocenters. The predicted molar refractivity (Wildman–Crippen MR) is 259 cm³/mol. The highest BCUT2D eigenvalue weighted by Crippen LogP contribution is 2.61. The van der Waals surface area contributed by atoms with Gasteiger partial charge in [0.05, 0.1) is 19.3 Å². The number of fused-ring (bicyclic) bond motifs is 6. The molecule has 0 spiro atoms. The minimum Gasteiger partial charge on any atom is -0.399 e. The Kier molecular flexibility index (Phi) is 12.0. The second kappa shape index (κ2) is 16.1. The van der Waals surface area contributed by atoms with Gasteiger partial charge < -0.3 is 9.31 Å². The lowest BCUT2D eigenvalue weighted by Gasteiger charge is -2.44. The standard InChI is InChI=1S/C55H77BO2Si/c1-16-20-36(5)54(37(6)21-17-2)48-32-40(24-28-44(48)46-30-26-42(34-50(46)54)56-57-52(9,10)53(11,12)58-56)41-25-29-45-47-31-27-43(59(13,14)15)35-51(47)55(49(45)33-41,38(7)22-18-3)39(8)23-19-4/h24-39H,16-23H2,1-15H3. The molecule has 1 heterocycles. The van der Waals surface area contributed by atoms with E-state index in [1.165, 1.54) is 95.9 Å². The third-order valence-corrected chi connectivity index (χ3v) is 18.2. The van der Waals surface area contributed by atoms with Crippen molar-refractivity contribution >= 4 is 25.8 Å². The van der Waals surface area contributed by atoms with Gasteiger partial charge in [-0.25, -0.2) is 0 Å². The maximum atomic E-state index is 6.69. The lowest BCUT2D eigenvalue weighted by Crippen LogP contribution is -2.43. The van der Waals surface area contributed by atoms with Crippen molar-refractivity contribution in [1.29, 1.82) is 0 Å². The van der Waals surface area contributed by atoms with E-state index in [1.807, 2.05) is 0 Å². The maximum absolute atomic E-state index is 6.69. The van der Waals surface area contributed by atoms with Gasteiger partial charge in [-0.15, -0.1) is 0 Å². The first kappa shape index (κ1) is 44.1. The molecule has 316 valence electrons. The Bertz CT molecular complexity index is 2130. The molecule has 0 amide bonds. The molecule has 1 fully saturated rings. The normalized spacial score (nSPS) is 23.3. The van der Waals surface area contributed by atoms with Gasteiger partial charge in [0.1, 0.15) is 0 Å². The second-order valence-corrected chi connectivity index (χ2v) is 26.5. The molecule has 2 aliphatic carbocycles. The van der Waals surface area contributed by atoms with Crippen LogP contribution < -0.4 is 10.6 Å². The molecule has 2 nitrogen and oxygen atoms in total. The van der Waals surface area contributed by atoms with Crippen LogP contribution in [0, 0.1) is 23.7 Å². The third-order valence-electron chi connectivity index (χ3n) is 16.2. The highest BCUT2D eigenvalue weighted by atomic mass is 28.3. The van der Waals surface area contributed by atoms with E-state index < -0.39 is 8.07 Å². The monoisotopic (exact) mass is 809 g/mol. The minimum atomic E-state index is -1.53. The fourth-order valence-corrected chi connectivity index (χ4v) is 13.6. The molecule has 0 saturated carbocycles. The summed E-state index contributed by atoms with van der Waals surface area (Å²) < 4.78 is 13.4. The molecule has 3 aliphatic rings. The summed E-state index contributed by atoms with van der Waals surface area (Å²) in [6.07, 6.45) is 9.57. The largest absolute Gasteiger partial charge is 0.494 e. The smallest absolute Gasteiger partial charge is 0.399 e. The van der Waals surface area contributed by atoms with Gasteiger partial charge in [-0.2, -0.15) is 0 Å². The Balaban J connectivity index is 1.44. The van der Waals surface area contributed by atoms with Crippen molar-refractivity contribution in [2.75, 3.05) is 0 Å². The molecule has 0 radical (unpaired) electrons. The Morgan fingerprint density at radius 2 is 0.814 bits per heavy atom. The molecular formula is C55H77BO2Si. The second-order valence-electron chi connectivity index (χ2n) is 21.4. The summed E-state index contributed by atoms with van der Waals surface area (Å²) in [5, 5.41) is 1.58. The van der Waals surface area contributed by atoms with E-state index in [1.54, 1.807) is 16.3 Å². The summed E-state index contributed by atoms with van der Waals surface area (Å²) >= 11 is 0. The first-order valence-corrected chi connectivity index (χ1v) is 27.3. The minimum absolute atomic E-state index is 0.0196. The van der Waals surface area contributed by atoms with E-state index in [-0.39, 0.29) is 29.2 Å². The van der Waals surface area contributed by atoms with Gasteiger partial charge in [0, 0.05) is 10.8 Å². The Labute approximate surface area is 361 Å². The Morgan fingerprint density at radius 3 is 1.19 bits per heavy atom. The van der Waals surface area contributed by atoms with Gasteiger partial charge in [-0.3, -0.25) is 0 Å². The van der Waals surface area contributed by atoms with Gasteiger partial charge in [0.2, 0.25) is 0 Å². The first-order chi connectivity index (χ1) is 27.8. The van der Waals surface area contributed by atoms with Crippen molar-refractivity contribution in [2.24, 2.45) is 23.7 Å². The zero-order valence-corrected chi connectivity index (χ0v) is 40.8. The summed E-state index contributed by atoms with van der Waals surface area (Å²) in [7, 11) is -1.91.